The molecule has 9 nitrogen and oxygen atoms in total. The molecule has 0 spiro atoms. The predicted octanol–water partition coefficient (Wildman–Crippen LogP) is 2.57. The minimum absolute atomic E-state index is 0.0291. The van der Waals surface area contributed by atoms with Crippen molar-refractivity contribution in [3.05, 3.63) is 58.6 Å². The molecule has 29 heavy (non-hydrogen) atoms. The fourth-order valence-corrected chi connectivity index (χ4v) is 3.85. The average molecular weight is 433 g/mol. The highest BCUT2D eigenvalue weighted by molar-refractivity contribution is 7.93. The van der Waals surface area contributed by atoms with Crippen molar-refractivity contribution in [3.63, 3.8) is 0 Å². The number of nitrogens with one attached hydrogen (secondary N) is 1. The zero-order valence-corrected chi connectivity index (χ0v) is 17.7. The molecule has 1 aliphatic heterocycles. The van der Waals surface area contributed by atoms with Crippen LogP contribution in [0.2, 0.25) is 0 Å². The highest BCUT2D eigenvalue weighted by Gasteiger charge is 2.30. The van der Waals surface area contributed by atoms with Crippen LogP contribution in [-0.4, -0.2) is 38.4 Å². The topological polar surface area (TPSA) is 122 Å². The van der Waals surface area contributed by atoms with Crippen molar-refractivity contribution in [3.8, 4) is 0 Å². The Balaban J connectivity index is 2.03. The first-order chi connectivity index (χ1) is 13.6. The van der Waals surface area contributed by atoms with Crippen molar-refractivity contribution in [2.24, 2.45) is 5.14 Å². The zero-order valence-electron chi connectivity index (χ0n) is 16.1. The first kappa shape index (κ1) is 20.7. The first-order valence-corrected chi connectivity index (χ1v) is 10.8. The highest BCUT2D eigenvalue weighted by Crippen LogP contribution is 2.40. The monoisotopic (exact) mass is 432 g/mol. The number of fused-ring (bicyclic) bond motifs is 2. The van der Waals surface area contributed by atoms with Crippen LogP contribution < -0.4 is 20.3 Å². The van der Waals surface area contributed by atoms with Crippen LogP contribution in [0.5, 0.6) is 0 Å². The Morgan fingerprint density at radius 3 is 2.72 bits per heavy atom. The molecule has 0 saturated heterocycles. The molecule has 0 saturated carbocycles. The number of hydrogen-bond donors (Lipinski definition) is 2. The number of anilines is 4. The third-order valence-electron chi connectivity index (χ3n) is 4.27. The van der Waals surface area contributed by atoms with Crippen molar-refractivity contribution >= 4 is 49.7 Å². The van der Waals surface area contributed by atoms with Crippen LogP contribution >= 0.6 is 11.3 Å². The molecule has 2 aromatic heterocycles. The summed E-state index contributed by atoms with van der Waals surface area (Å²) in [6, 6.07) is 1.78. The minimum atomic E-state index is -3.82. The number of hydrogen-bond acceptors (Lipinski definition) is 8. The van der Waals surface area contributed by atoms with Gasteiger partial charge < -0.3 is 15.1 Å². The van der Waals surface area contributed by atoms with Crippen LogP contribution in [0.15, 0.2) is 53.1 Å². The maximum Gasteiger partial charge on any atom is 0.261 e. The van der Waals surface area contributed by atoms with E-state index < -0.39 is 10.0 Å². The van der Waals surface area contributed by atoms with Gasteiger partial charge in [-0.25, -0.2) is 18.5 Å². The molecule has 0 aromatic carbocycles. The van der Waals surface area contributed by atoms with Gasteiger partial charge in [0.05, 0.1) is 16.7 Å². The van der Waals surface area contributed by atoms with Gasteiger partial charge in [-0.15, -0.1) is 11.3 Å². The average Bonchev–Trinajstić information content (AvgIpc) is 3.13. The Hall–Kier alpha value is -3.02. The lowest BCUT2D eigenvalue weighted by molar-refractivity contribution is 0.0994. The molecule has 3 heterocycles. The Morgan fingerprint density at radius 2 is 2.07 bits per heavy atom. The number of carbonyl (C=O) groups is 1. The standard InChI is InChI=1S/C18H20N6O3S2/c1-5-6-12(9-11(2)29(19,26)27)21-18-20-10-14-15(22-18)24(4)17-13(7-8-28-17)16(25)23(14)3/h5-10H,1H2,2-4H3,(H2,19,26,27)(H,20,21,22)/b11-9+,12-6+. The van der Waals surface area contributed by atoms with E-state index in [0.29, 0.717) is 22.8 Å². The lowest BCUT2D eigenvalue weighted by atomic mass is 10.3. The third-order valence-corrected chi connectivity index (χ3v) is 6.28. The van der Waals surface area contributed by atoms with E-state index in [0.717, 1.165) is 5.00 Å². The van der Waals surface area contributed by atoms with Gasteiger partial charge in [-0.3, -0.25) is 4.79 Å². The minimum Gasteiger partial charge on any atom is -0.324 e. The van der Waals surface area contributed by atoms with Crippen molar-refractivity contribution in [1.82, 2.24) is 9.97 Å². The van der Waals surface area contributed by atoms with E-state index in [1.165, 1.54) is 41.5 Å². The maximum absolute atomic E-state index is 12.7. The van der Waals surface area contributed by atoms with E-state index in [1.807, 2.05) is 17.3 Å². The number of nitrogens with zero attached hydrogens (tertiary/aromatic N) is 4. The molecule has 0 radical (unpaired) electrons. The molecule has 152 valence electrons. The maximum atomic E-state index is 12.7. The second-order valence-corrected chi connectivity index (χ2v) is 8.88. The lowest BCUT2D eigenvalue weighted by Gasteiger charge is -2.20. The van der Waals surface area contributed by atoms with Gasteiger partial charge in [0.2, 0.25) is 16.0 Å². The van der Waals surface area contributed by atoms with Gasteiger partial charge in [0.15, 0.2) is 5.82 Å². The lowest BCUT2D eigenvalue weighted by Crippen LogP contribution is -2.25. The molecule has 1 aliphatic rings. The summed E-state index contributed by atoms with van der Waals surface area (Å²) in [5.74, 6) is 0.614. The Morgan fingerprint density at radius 1 is 1.34 bits per heavy atom. The number of nitrogens with two attached hydrogens (primary N) is 1. The summed E-state index contributed by atoms with van der Waals surface area (Å²) in [7, 11) is -0.334. The molecule has 0 atom stereocenters. The Kier molecular flexibility index (Phi) is 5.55. The second kappa shape index (κ2) is 7.78. The van der Waals surface area contributed by atoms with Crippen molar-refractivity contribution in [1.29, 1.82) is 0 Å². The van der Waals surface area contributed by atoms with Crippen molar-refractivity contribution < 1.29 is 13.2 Å². The van der Waals surface area contributed by atoms with Gasteiger partial charge in [0.25, 0.3) is 5.91 Å². The summed E-state index contributed by atoms with van der Waals surface area (Å²) >= 11 is 1.44. The highest BCUT2D eigenvalue weighted by atomic mass is 32.2. The summed E-state index contributed by atoms with van der Waals surface area (Å²) in [4.78, 5) is 24.8. The SMILES string of the molecule is C=C/C=C(\C=C(/C)S(N)(=O)=O)Nc1ncc2c(n1)N(C)c1sccc1C(=O)N2C. The molecule has 3 rings (SSSR count). The van der Waals surface area contributed by atoms with E-state index >= 15 is 0 Å². The first-order valence-electron chi connectivity index (χ1n) is 8.40. The summed E-state index contributed by atoms with van der Waals surface area (Å²) in [5, 5.41) is 10.7. The van der Waals surface area contributed by atoms with E-state index in [4.69, 9.17) is 5.14 Å². The number of aromatic nitrogens is 2. The smallest absolute Gasteiger partial charge is 0.261 e. The number of thiophene rings is 1. The number of sulfonamides is 1. The molecule has 2 aromatic rings. The van der Waals surface area contributed by atoms with E-state index in [2.05, 4.69) is 21.9 Å². The van der Waals surface area contributed by atoms with Crippen LogP contribution in [0.3, 0.4) is 0 Å². The van der Waals surface area contributed by atoms with Crippen LogP contribution in [0.25, 0.3) is 0 Å². The summed E-state index contributed by atoms with van der Waals surface area (Å²) in [5.41, 5.74) is 1.53. The van der Waals surface area contributed by atoms with E-state index in [9.17, 15) is 13.2 Å². The Bertz CT molecular complexity index is 1150. The van der Waals surface area contributed by atoms with Crippen LogP contribution in [-0.2, 0) is 10.0 Å². The number of carbonyl (C=O) groups excluding carboxylic acids is 1. The largest absolute Gasteiger partial charge is 0.324 e. The van der Waals surface area contributed by atoms with E-state index in [-0.39, 0.29) is 16.8 Å². The Labute approximate surface area is 172 Å². The zero-order chi connectivity index (χ0) is 21.3. The molecule has 0 fully saturated rings. The van der Waals surface area contributed by atoms with E-state index in [1.54, 1.807) is 19.2 Å². The van der Waals surface area contributed by atoms with Crippen LogP contribution in [0, 0.1) is 0 Å². The molecule has 0 aliphatic carbocycles. The van der Waals surface area contributed by atoms with Crippen LogP contribution in [0.1, 0.15) is 17.3 Å². The molecule has 0 bridgehead atoms. The molecule has 1 amide bonds. The molecular weight excluding hydrogens is 412 g/mol. The number of amides is 1. The normalized spacial score (nSPS) is 15.0. The quantitative estimate of drug-likeness (QED) is 0.696. The van der Waals surface area contributed by atoms with Crippen molar-refractivity contribution in [2.45, 2.75) is 6.92 Å². The number of primary sulfonamides is 1. The van der Waals surface area contributed by atoms with Gasteiger partial charge in [-0.05, 0) is 30.5 Å². The summed E-state index contributed by atoms with van der Waals surface area (Å²) in [6.45, 7) is 5.01. The van der Waals surface area contributed by atoms with Gasteiger partial charge in [0, 0.05) is 19.8 Å². The van der Waals surface area contributed by atoms with Gasteiger partial charge >= 0.3 is 0 Å². The molecule has 3 N–H and O–H groups in total. The molecule has 0 unspecified atom stereocenters. The van der Waals surface area contributed by atoms with Crippen LogP contribution in [0.4, 0.5) is 22.5 Å². The fourth-order valence-electron chi connectivity index (χ4n) is 2.70. The second-order valence-electron chi connectivity index (χ2n) is 6.25. The summed E-state index contributed by atoms with van der Waals surface area (Å²) in [6.07, 6.45) is 5.97. The third kappa shape index (κ3) is 4.06. The van der Waals surface area contributed by atoms with Gasteiger partial charge in [-0.1, -0.05) is 12.7 Å². The number of rotatable bonds is 5. The predicted molar refractivity (Wildman–Crippen MR) is 116 cm³/mol. The molecule has 11 heteroatoms. The van der Waals surface area contributed by atoms with Gasteiger partial charge in [-0.2, -0.15) is 4.98 Å². The number of allylic oxidation sites excluding steroid dienone is 4. The van der Waals surface area contributed by atoms with Gasteiger partial charge in [0.1, 0.15) is 10.7 Å². The fraction of sp³-hybridized carbons (Fsp3) is 0.167. The summed E-state index contributed by atoms with van der Waals surface area (Å²) < 4.78 is 23.0. The molecular formula is C18H20N6O3S2. The van der Waals surface area contributed by atoms with Crippen molar-refractivity contribution in [2.75, 3.05) is 29.2 Å².